The first-order valence-corrected chi connectivity index (χ1v) is 8.24. The van der Waals surface area contributed by atoms with Crippen LogP contribution in [0, 0.1) is 29.1 Å². The Balaban J connectivity index is 1.66. The monoisotopic (exact) mass is 272 g/mol. The highest BCUT2D eigenvalue weighted by atomic mass is 16.4. The Kier molecular flexibility index (Phi) is 2.84. The van der Waals surface area contributed by atoms with Crippen LogP contribution in [0.5, 0.6) is 0 Å². The fourth-order valence-corrected chi connectivity index (χ4v) is 6.15. The van der Waals surface area contributed by atoms with Crippen LogP contribution < -0.4 is 0 Å². The van der Waals surface area contributed by atoms with Crippen LogP contribution in [0.25, 0.3) is 0 Å². The molecule has 2 nitrogen and oxygen atoms in total. The Hall–Kier alpha value is -1.05. The Bertz CT molecular complexity index is 486. The summed E-state index contributed by atoms with van der Waals surface area (Å²) in [6.45, 7) is 0. The van der Waals surface area contributed by atoms with Crippen LogP contribution in [0.2, 0.25) is 0 Å². The quantitative estimate of drug-likeness (QED) is 0.833. The van der Waals surface area contributed by atoms with Gasteiger partial charge in [-0.05, 0) is 74.0 Å². The molecule has 0 aromatic rings. The zero-order chi connectivity index (χ0) is 13.7. The number of hydrogen-bond acceptors (Lipinski definition) is 1. The minimum atomic E-state index is -0.576. The number of allylic oxidation sites excluding steroid dienone is 4. The third-order valence-corrected chi connectivity index (χ3v) is 6.69. The summed E-state index contributed by atoms with van der Waals surface area (Å²) in [6, 6.07) is 0. The van der Waals surface area contributed by atoms with E-state index in [1.807, 2.05) is 0 Å². The van der Waals surface area contributed by atoms with Gasteiger partial charge in [0.25, 0.3) is 0 Å². The maximum atomic E-state index is 11.5. The van der Waals surface area contributed by atoms with Crippen LogP contribution in [0.1, 0.15) is 51.4 Å². The molecule has 3 unspecified atom stereocenters. The van der Waals surface area contributed by atoms with Gasteiger partial charge in [0.2, 0.25) is 0 Å². The van der Waals surface area contributed by atoms with Crippen molar-refractivity contribution >= 4 is 5.97 Å². The smallest absolute Gasteiger partial charge is 0.303 e. The van der Waals surface area contributed by atoms with E-state index in [-0.39, 0.29) is 5.41 Å². The first kappa shape index (κ1) is 12.7. The van der Waals surface area contributed by atoms with Crippen LogP contribution in [0.15, 0.2) is 23.8 Å². The maximum Gasteiger partial charge on any atom is 0.303 e. The lowest BCUT2D eigenvalue weighted by molar-refractivity contribution is -0.142. The number of hydrogen-bond donors (Lipinski definition) is 1. The first-order chi connectivity index (χ1) is 9.67. The van der Waals surface area contributed by atoms with Crippen molar-refractivity contribution in [3.63, 3.8) is 0 Å². The van der Waals surface area contributed by atoms with Gasteiger partial charge in [0.05, 0.1) is 6.42 Å². The molecule has 2 heteroatoms. The molecule has 5 aliphatic rings. The molecule has 0 heterocycles. The molecule has 108 valence electrons. The van der Waals surface area contributed by atoms with Crippen LogP contribution in [0.4, 0.5) is 0 Å². The van der Waals surface area contributed by atoms with Crippen molar-refractivity contribution in [1.29, 1.82) is 0 Å². The second-order valence-corrected chi connectivity index (χ2v) is 7.64. The van der Waals surface area contributed by atoms with E-state index in [0.29, 0.717) is 18.3 Å². The van der Waals surface area contributed by atoms with E-state index in [1.54, 1.807) is 0 Å². The second-order valence-electron chi connectivity index (χ2n) is 7.64. The molecule has 0 aromatic heterocycles. The summed E-state index contributed by atoms with van der Waals surface area (Å²) in [6.07, 6.45) is 15.7. The van der Waals surface area contributed by atoms with Crippen molar-refractivity contribution in [2.75, 3.05) is 0 Å². The van der Waals surface area contributed by atoms with Crippen LogP contribution >= 0.6 is 0 Å². The SMILES string of the molecule is O=C(O)C[C@]1(CC2=CC=CCC2)C2CC3C[C@H](C2)CC31. The number of aliphatic carboxylic acids is 1. The van der Waals surface area contributed by atoms with Crippen molar-refractivity contribution < 1.29 is 9.90 Å². The predicted octanol–water partition coefficient (Wildman–Crippen LogP) is 4.18. The Morgan fingerprint density at radius 3 is 2.90 bits per heavy atom. The lowest BCUT2D eigenvalue weighted by Crippen LogP contribution is -2.39. The summed E-state index contributed by atoms with van der Waals surface area (Å²) in [5, 5.41) is 9.49. The zero-order valence-corrected chi connectivity index (χ0v) is 12.1. The van der Waals surface area contributed by atoms with Crippen molar-refractivity contribution in [2.24, 2.45) is 29.1 Å². The van der Waals surface area contributed by atoms with Crippen LogP contribution in [-0.4, -0.2) is 11.1 Å². The second kappa shape index (κ2) is 4.47. The molecule has 4 saturated carbocycles. The Morgan fingerprint density at radius 1 is 1.30 bits per heavy atom. The average Bonchev–Trinajstić information content (AvgIpc) is 2.81. The van der Waals surface area contributed by atoms with E-state index < -0.39 is 5.97 Å². The molecule has 0 radical (unpaired) electrons. The van der Waals surface area contributed by atoms with Gasteiger partial charge in [-0.2, -0.15) is 0 Å². The van der Waals surface area contributed by atoms with Gasteiger partial charge in [0, 0.05) is 0 Å². The van der Waals surface area contributed by atoms with Gasteiger partial charge in [0.1, 0.15) is 0 Å². The van der Waals surface area contributed by atoms with Crippen molar-refractivity contribution in [2.45, 2.75) is 51.4 Å². The van der Waals surface area contributed by atoms with Crippen molar-refractivity contribution in [3.05, 3.63) is 23.8 Å². The molecule has 0 amide bonds. The average molecular weight is 272 g/mol. The molecule has 0 spiro atoms. The first-order valence-electron chi connectivity index (χ1n) is 8.24. The van der Waals surface area contributed by atoms with Crippen LogP contribution in [-0.2, 0) is 4.79 Å². The van der Waals surface area contributed by atoms with E-state index in [9.17, 15) is 9.90 Å². The van der Waals surface area contributed by atoms with Gasteiger partial charge in [-0.15, -0.1) is 0 Å². The number of carboxylic acid groups (broad SMARTS) is 1. The van der Waals surface area contributed by atoms with E-state index in [2.05, 4.69) is 18.2 Å². The lowest BCUT2D eigenvalue weighted by Gasteiger charge is -2.44. The van der Waals surface area contributed by atoms with E-state index in [4.69, 9.17) is 0 Å². The molecule has 5 atom stereocenters. The standard InChI is InChI=1S/C18H24O2/c19-17(20)11-18(10-12-4-2-1-3-5-12)15-7-13-6-14(9-15)16(18)8-13/h1-2,4,13-16H,3,5-11H2,(H,19,20)/t13-,14?,15?,16?,18-/m1/s1. The number of carbonyl (C=O) groups is 1. The summed E-state index contributed by atoms with van der Waals surface area (Å²) < 4.78 is 0. The lowest BCUT2D eigenvalue weighted by atomic mass is 9.59. The third kappa shape index (κ3) is 1.80. The molecule has 0 saturated heterocycles. The van der Waals surface area contributed by atoms with Crippen molar-refractivity contribution in [1.82, 2.24) is 0 Å². The summed E-state index contributed by atoms with van der Waals surface area (Å²) in [5.74, 6) is 2.58. The molecular formula is C18H24O2. The summed E-state index contributed by atoms with van der Waals surface area (Å²) in [4.78, 5) is 11.5. The van der Waals surface area contributed by atoms with Crippen molar-refractivity contribution in [3.8, 4) is 0 Å². The van der Waals surface area contributed by atoms with Gasteiger partial charge in [0.15, 0.2) is 0 Å². The topological polar surface area (TPSA) is 37.3 Å². The molecule has 5 aliphatic carbocycles. The highest BCUT2D eigenvalue weighted by molar-refractivity contribution is 5.68. The predicted molar refractivity (Wildman–Crippen MR) is 78.2 cm³/mol. The van der Waals surface area contributed by atoms with E-state index >= 15 is 0 Å². The van der Waals surface area contributed by atoms with E-state index in [1.165, 1.54) is 31.3 Å². The summed E-state index contributed by atoms with van der Waals surface area (Å²) in [7, 11) is 0. The fraction of sp³-hybridized carbons (Fsp3) is 0.722. The molecule has 4 bridgehead atoms. The molecular weight excluding hydrogens is 248 g/mol. The van der Waals surface area contributed by atoms with Gasteiger partial charge >= 0.3 is 5.97 Å². The van der Waals surface area contributed by atoms with Gasteiger partial charge < -0.3 is 5.11 Å². The molecule has 1 N–H and O–H groups in total. The molecule has 0 aliphatic heterocycles. The molecule has 20 heavy (non-hydrogen) atoms. The highest BCUT2D eigenvalue weighted by Crippen LogP contribution is 2.69. The van der Waals surface area contributed by atoms with Crippen LogP contribution in [0.3, 0.4) is 0 Å². The molecule has 0 aromatic carbocycles. The summed E-state index contributed by atoms with van der Waals surface area (Å²) in [5.41, 5.74) is 1.60. The fourth-order valence-electron chi connectivity index (χ4n) is 6.15. The minimum absolute atomic E-state index is 0.0977. The highest BCUT2D eigenvalue weighted by Gasteiger charge is 2.62. The minimum Gasteiger partial charge on any atom is -0.481 e. The van der Waals surface area contributed by atoms with Gasteiger partial charge in [-0.3, -0.25) is 4.79 Å². The van der Waals surface area contributed by atoms with Gasteiger partial charge in [-0.25, -0.2) is 0 Å². The zero-order valence-electron chi connectivity index (χ0n) is 12.1. The van der Waals surface area contributed by atoms with E-state index in [0.717, 1.165) is 31.1 Å². The number of carboxylic acids is 1. The molecule has 5 rings (SSSR count). The third-order valence-electron chi connectivity index (χ3n) is 6.69. The summed E-state index contributed by atoms with van der Waals surface area (Å²) >= 11 is 0. The normalized spacial score (nSPS) is 44.9. The Morgan fingerprint density at radius 2 is 2.20 bits per heavy atom. The largest absolute Gasteiger partial charge is 0.481 e. The Labute approximate surface area is 120 Å². The van der Waals surface area contributed by atoms with Gasteiger partial charge in [-0.1, -0.05) is 23.8 Å². The maximum absolute atomic E-state index is 11.5. The number of rotatable bonds is 4. The molecule has 4 fully saturated rings.